The van der Waals surface area contributed by atoms with Crippen LogP contribution < -0.4 is 0 Å². The lowest BCUT2D eigenvalue weighted by molar-refractivity contribution is -0.123. The number of carbonyl (C=O) groups excluding carboxylic acids is 2. The predicted octanol–water partition coefficient (Wildman–Crippen LogP) is 3.78. The van der Waals surface area contributed by atoms with Gasteiger partial charge in [0.15, 0.2) is 0 Å². The third-order valence-electron chi connectivity index (χ3n) is 2.53. The first-order chi connectivity index (χ1) is 8.50. The highest BCUT2D eigenvalue weighted by Crippen LogP contribution is 2.34. The van der Waals surface area contributed by atoms with E-state index in [-0.39, 0.29) is 17.2 Å². The summed E-state index contributed by atoms with van der Waals surface area (Å²) in [6.45, 7) is 3.63. The maximum atomic E-state index is 12.0. The molecule has 0 unspecified atom stereocenters. The predicted molar refractivity (Wildman–Crippen MR) is 74.4 cm³/mol. The van der Waals surface area contributed by atoms with Crippen LogP contribution >= 0.6 is 23.4 Å². The third-order valence-corrected chi connectivity index (χ3v) is 3.76. The molecule has 1 aromatic rings. The average Bonchev–Trinajstić information content (AvgIpc) is 2.57. The molecular formula is C13H12ClNO2S. The fraction of sp³-hybridized carbons (Fsp3) is 0.231. The number of imide groups is 1. The van der Waals surface area contributed by atoms with Crippen molar-refractivity contribution in [3.05, 3.63) is 39.8 Å². The molecule has 1 aliphatic heterocycles. The number of hydrogen-bond acceptors (Lipinski definition) is 3. The fourth-order valence-electron chi connectivity index (χ4n) is 1.66. The lowest BCUT2D eigenvalue weighted by atomic mass is 10.2. The number of amides is 2. The first kappa shape index (κ1) is 13.2. The maximum absolute atomic E-state index is 12.0. The van der Waals surface area contributed by atoms with Crippen LogP contribution in [0.3, 0.4) is 0 Å². The summed E-state index contributed by atoms with van der Waals surface area (Å²) in [5.41, 5.74) is 0.744. The van der Waals surface area contributed by atoms with Crippen LogP contribution in [0.15, 0.2) is 29.2 Å². The van der Waals surface area contributed by atoms with Crippen molar-refractivity contribution in [3.63, 3.8) is 0 Å². The van der Waals surface area contributed by atoms with Crippen molar-refractivity contribution >= 4 is 40.6 Å². The number of hydrogen-bond donors (Lipinski definition) is 0. The van der Waals surface area contributed by atoms with Gasteiger partial charge in [-0.2, -0.15) is 0 Å². The molecule has 0 aromatic heterocycles. The summed E-state index contributed by atoms with van der Waals surface area (Å²) in [6.07, 6.45) is 1.66. The second-order valence-electron chi connectivity index (χ2n) is 4.17. The Kier molecular flexibility index (Phi) is 3.78. The molecule has 0 spiro atoms. The van der Waals surface area contributed by atoms with E-state index in [0.29, 0.717) is 9.93 Å². The fourth-order valence-corrected chi connectivity index (χ4v) is 2.80. The van der Waals surface area contributed by atoms with Crippen molar-refractivity contribution in [2.24, 2.45) is 0 Å². The molecule has 1 fully saturated rings. The van der Waals surface area contributed by atoms with Crippen molar-refractivity contribution in [1.82, 2.24) is 4.90 Å². The van der Waals surface area contributed by atoms with Gasteiger partial charge < -0.3 is 0 Å². The van der Waals surface area contributed by atoms with E-state index >= 15 is 0 Å². The van der Waals surface area contributed by atoms with Gasteiger partial charge in [0, 0.05) is 11.1 Å². The molecule has 2 rings (SSSR count). The van der Waals surface area contributed by atoms with Gasteiger partial charge in [0.25, 0.3) is 11.1 Å². The molecule has 1 aromatic carbocycles. The highest BCUT2D eigenvalue weighted by atomic mass is 35.5. The second kappa shape index (κ2) is 5.16. The molecule has 1 saturated heterocycles. The van der Waals surface area contributed by atoms with Gasteiger partial charge in [-0.1, -0.05) is 29.8 Å². The van der Waals surface area contributed by atoms with E-state index < -0.39 is 0 Å². The van der Waals surface area contributed by atoms with Gasteiger partial charge in [-0.25, -0.2) is 0 Å². The highest BCUT2D eigenvalue weighted by Gasteiger charge is 2.36. The van der Waals surface area contributed by atoms with Crippen LogP contribution in [0.4, 0.5) is 4.79 Å². The Labute approximate surface area is 115 Å². The Hall–Kier alpha value is -1.26. The van der Waals surface area contributed by atoms with Crippen molar-refractivity contribution in [1.29, 1.82) is 0 Å². The minimum absolute atomic E-state index is 0.130. The van der Waals surface area contributed by atoms with Gasteiger partial charge in [-0.15, -0.1) is 0 Å². The molecular weight excluding hydrogens is 270 g/mol. The number of rotatable bonds is 2. The van der Waals surface area contributed by atoms with Gasteiger partial charge >= 0.3 is 0 Å². The molecule has 0 bridgehead atoms. The van der Waals surface area contributed by atoms with Gasteiger partial charge in [0.05, 0.1) is 4.91 Å². The molecule has 94 valence electrons. The van der Waals surface area contributed by atoms with Crippen molar-refractivity contribution in [2.75, 3.05) is 0 Å². The molecule has 18 heavy (non-hydrogen) atoms. The average molecular weight is 282 g/mol. The van der Waals surface area contributed by atoms with Gasteiger partial charge in [-0.05, 0) is 43.3 Å². The summed E-state index contributed by atoms with van der Waals surface area (Å²) >= 11 is 6.98. The topological polar surface area (TPSA) is 37.4 Å². The minimum Gasteiger partial charge on any atom is -0.268 e. The lowest BCUT2D eigenvalue weighted by Gasteiger charge is -2.16. The van der Waals surface area contributed by atoms with Crippen LogP contribution in [0.1, 0.15) is 19.4 Å². The Morgan fingerprint density at radius 1 is 1.28 bits per heavy atom. The lowest BCUT2D eigenvalue weighted by Crippen LogP contribution is -2.34. The zero-order valence-electron chi connectivity index (χ0n) is 10.0. The van der Waals surface area contributed by atoms with Crippen molar-refractivity contribution < 1.29 is 9.59 Å². The molecule has 1 aliphatic rings. The van der Waals surface area contributed by atoms with Crippen molar-refractivity contribution in [2.45, 2.75) is 19.9 Å². The smallest absolute Gasteiger partial charge is 0.268 e. The Morgan fingerprint density at radius 2 is 1.94 bits per heavy atom. The monoisotopic (exact) mass is 281 g/mol. The normalized spacial score (nSPS) is 18.2. The summed E-state index contributed by atoms with van der Waals surface area (Å²) in [5, 5.41) is 0.335. The first-order valence-corrected chi connectivity index (χ1v) is 6.71. The molecule has 0 N–H and O–H groups in total. The zero-order chi connectivity index (χ0) is 13.3. The van der Waals surface area contributed by atoms with Crippen LogP contribution in [0.5, 0.6) is 0 Å². The molecule has 0 atom stereocenters. The Morgan fingerprint density at radius 3 is 2.50 bits per heavy atom. The van der Waals surface area contributed by atoms with E-state index in [1.165, 1.54) is 4.90 Å². The van der Waals surface area contributed by atoms with Crippen LogP contribution in [0.2, 0.25) is 5.02 Å². The van der Waals surface area contributed by atoms with E-state index in [4.69, 9.17) is 11.6 Å². The summed E-state index contributed by atoms with van der Waals surface area (Å²) in [6, 6.07) is 7.09. The van der Waals surface area contributed by atoms with E-state index in [9.17, 15) is 9.59 Å². The van der Waals surface area contributed by atoms with Gasteiger partial charge in [-0.3, -0.25) is 14.5 Å². The first-order valence-electron chi connectivity index (χ1n) is 5.52. The molecule has 2 amide bonds. The van der Waals surface area contributed by atoms with Crippen LogP contribution in [-0.4, -0.2) is 22.1 Å². The molecule has 1 heterocycles. The SMILES string of the molecule is CC(C)N1C(=O)SC(=Cc2ccccc2Cl)C1=O. The summed E-state index contributed by atoms with van der Waals surface area (Å²) in [4.78, 5) is 25.4. The zero-order valence-corrected chi connectivity index (χ0v) is 11.6. The number of thioether (sulfide) groups is 1. The van der Waals surface area contributed by atoms with Crippen molar-refractivity contribution in [3.8, 4) is 0 Å². The van der Waals surface area contributed by atoms with Crippen LogP contribution in [-0.2, 0) is 4.79 Å². The van der Waals surface area contributed by atoms with E-state index in [0.717, 1.165) is 17.3 Å². The number of halogens is 1. The largest absolute Gasteiger partial charge is 0.293 e. The quantitative estimate of drug-likeness (QED) is 0.774. The number of benzene rings is 1. The second-order valence-corrected chi connectivity index (χ2v) is 5.57. The molecule has 0 saturated carbocycles. The summed E-state index contributed by atoms with van der Waals surface area (Å²) < 4.78 is 0. The maximum Gasteiger partial charge on any atom is 0.293 e. The summed E-state index contributed by atoms with van der Waals surface area (Å²) in [7, 11) is 0. The van der Waals surface area contributed by atoms with Crippen LogP contribution in [0, 0.1) is 0 Å². The standard InChI is InChI=1S/C13H12ClNO2S/c1-8(2)15-12(16)11(18-13(15)17)7-9-5-3-4-6-10(9)14/h3-8H,1-2H3. The van der Waals surface area contributed by atoms with E-state index in [2.05, 4.69) is 0 Å². The van der Waals surface area contributed by atoms with Crippen LogP contribution in [0.25, 0.3) is 6.08 Å². The van der Waals surface area contributed by atoms with Gasteiger partial charge in [0.1, 0.15) is 0 Å². The molecule has 0 radical (unpaired) electrons. The van der Waals surface area contributed by atoms with E-state index in [1.807, 2.05) is 32.0 Å². The Balaban J connectivity index is 2.34. The molecule has 3 nitrogen and oxygen atoms in total. The Bertz CT molecular complexity index is 540. The third kappa shape index (κ3) is 2.44. The van der Waals surface area contributed by atoms with E-state index in [1.54, 1.807) is 12.1 Å². The summed E-state index contributed by atoms with van der Waals surface area (Å²) in [5.74, 6) is -0.250. The number of carbonyl (C=O) groups is 2. The molecule has 5 heteroatoms. The number of nitrogens with zero attached hydrogens (tertiary/aromatic N) is 1. The highest BCUT2D eigenvalue weighted by molar-refractivity contribution is 8.18. The minimum atomic E-state index is -0.250. The van der Waals surface area contributed by atoms with Gasteiger partial charge in [0.2, 0.25) is 0 Å². The molecule has 0 aliphatic carbocycles.